The van der Waals surface area contributed by atoms with Gasteiger partial charge < -0.3 is 14.7 Å². The molecule has 0 aliphatic carbocycles. The number of amides is 1. The highest BCUT2D eigenvalue weighted by molar-refractivity contribution is 5.95. The standard InChI is InChI=1S/C11H12N2O2/c1-7-8(11(12)14)6-9(13(7)2)10-4-3-5-15-10/h3-6H,1-2H3,(H2,12,14). The number of hydrogen-bond acceptors (Lipinski definition) is 2. The molecule has 2 heterocycles. The zero-order chi connectivity index (χ0) is 11.0. The van der Waals surface area contributed by atoms with Gasteiger partial charge in [-0.25, -0.2) is 0 Å². The summed E-state index contributed by atoms with van der Waals surface area (Å²) in [5.41, 5.74) is 7.49. The van der Waals surface area contributed by atoms with E-state index in [0.29, 0.717) is 5.56 Å². The number of nitrogens with two attached hydrogens (primary N) is 1. The number of furan rings is 1. The Balaban J connectivity index is 2.60. The van der Waals surface area contributed by atoms with Crippen molar-refractivity contribution in [1.82, 2.24) is 4.57 Å². The molecule has 2 N–H and O–H groups in total. The second kappa shape index (κ2) is 3.31. The van der Waals surface area contributed by atoms with Crippen LogP contribution in [0.25, 0.3) is 11.5 Å². The average molecular weight is 204 g/mol. The van der Waals surface area contributed by atoms with Crippen molar-refractivity contribution < 1.29 is 9.21 Å². The van der Waals surface area contributed by atoms with Crippen molar-refractivity contribution >= 4 is 5.91 Å². The van der Waals surface area contributed by atoms with Gasteiger partial charge in [-0.3, -0.25) is 4.79 Å². The summed E-state index contributed by atoms with van der Waals surface area (Å²) >= 11 is 0. The van der Waals surface area contributed by atoms with E-state index in [1.54, 1.807) is 12.3 Å². The third-order valence-electron chi connectivity index (χ3n) is 2.57. The van der Waals surface area contributed by atoms with Crippen molar-refractivity contribution in [2.75, 3.05) is 0 Å². The summed E-state index contributed by atoms with van der Waals surface area (Å²) in [6.07, 6.45) is 1.60. The molecule has 0 aliphatic rings. The van der Waals surface area contributed by atoms with Crippen molar-refractivity contribution in [3.8, 4) is 11.5 Å². The quantitative estimate of drug-likeness (QED) is 0.809. The van der Waals surface area contributed by atoms with Crippen molar-refractivity contribution in [3.05, 3.63) is 35.7 Å². The highest BCUT2D eigenvalue weighted by Crippen LogP contribution is 2.24. The second-order valence-corrected chi connectivity index (χ2v) is 3.43. The third-order valence-corrected chi connectivity index (χ3v) is 2.57. The van der Waals surface area contributed by atoms with Crippen LogP contribution in [0.4, 0.5) is 0 Å². The normalized spacial score (nSPS) is 10.5. The molecule has 4 nitrogen and oxygen atoms in total. The lowest BCUT2D eigenvalue weighted by molar-refractivity contribution is 0.0999. The lowest BCUT2D eigenvalue weighted by atomic mass is 10.2. The van der Waals surface area contributed by atoms with Crippen LogP contribution in [0.1, 0.15) is 16.1 Å². The van der Waals surface area contributed by atoms with Gasteiger partial charge in [-0.05, 0) is 25.1 Å². The maximum absolute atomic E-state index is 11.1. The first-order valence-electron chi connectivity index (χ1n) is 4.61. The topological polar surface area (TPSA) is 61.2 Å². The monoisotopic (exact) mass is 204 g/mol. The van der Waals surface area contributed by atoms with E-state index in [4.69, 9.17) is 10.2 Å². The predicted molar refractivity (Wildman–Crippen MR) is 56.4 cm³/mol. The minimum absolute atomic E-state index is 0.416. The summed E-state index contributed by atoms with van der Waals surface area (Å²) in [7, 11) is 1.87. The van der Waals surface area contributed by atoms with Gasteiger partial charge in [0.05, 0.1) is 17.5 Å². The molecule has 0 unspecified atom stereocenters. The number of primary amides is 1. The Morgan fingerprint density at radius 1 is 1.53 bits per heavy atom. The molecule has 2 aromatic heterocycles. The Labute approximate surface area is 87.3 Å². The molecule has 0 aromatic carbocycles. The summed E-state index contributed by atoms with van der Waals surface area (Å²) in [5.74, 6) is 0.314. The summed E-state index contributed by atoms with van der Waals surface area (Å²) in [5, 5.41) is 0. The van der Waals surface area contributed by atoms with Gasteiger partial charge >= 0.3 is 0 Å². The SMILES string of the molecule is Cc1c(C(N)=O)cc(-c2ccco2)n1C. The van der Waals surface area contributed by atoms with Crippen molar-refractivity contribution in [1.29, 1.82) is 0 Å². The molecule has 0 saturated carbocycles. The fourth-order valence-corrected chi connectivity index (χ4v) is 1.61. The first kappa shape index (κ1) is 9.58. The van der Waals surface area contributed by atoms with E-state index in [1.807, 2.05) is 30.7 Å². The number of carbonyl (C=O) groups is 1. The molecule has 0 radical (unpaired) electrons. The first-order valence-corrected chi connectivity index (χ1v) is 4.61. The van der Waals surface area contributed by atoms with E-state index in [2.05, 4.69) is 0 Å². The van der Waals surface area contributed by atoms with Crippen LogP contribution in [0.5, 0.6) is 0 Å². The average Bonchev–Trinajstić information content (AvgIpc) is 2.77. The van der Waals surface area contributed by atoms with Crippen LogP contribution in [0.15, 0.2) is 28.9 Å². The van der Waals surface area contributed by atoms with Crippen molar-refractivity contribution in [2.45, 2.75) is 6.92 Å². The molecule has 0 saturated heterocycles. The Morgan fingerprint density at radius 3 is 2.73 bits per heavy atom. The van der Waals surface area contributed by atoms with Crippen molar-refractivity contribution in [2.24, 2.45) is 12.8 Å². The number of hydrogen-bond donors (Lipinski definition) is 1. The summed E-state index contributed by atoms with van der Waals surface area (Å²) in [4.78, 5) is 11.1. The minimum atomic E-state index is -0.416. The van der Waals surface area contributed by atoms with Gasteiger partial charge in [0.25, 0.3) is 5.91 Å². The van der Waals surface area contributed by atoms with E-state index in [1.165, 1.54) is 0 Å². The fraction of sp³-hybridized carbons (Fsp3) is 0.182. The van der Waals surface area contributed by atoms with Gasteiger partial charge in [0.2, 0.25) is 0 Å². The lowest BCUT2D eigenvalue weighted by Gasteiger charge is -2.01. The number of carbonyl (C=O) groups excluding carboxylic acids is 1. The smallest absolute Gasteiger partial charge is 0.250 e. The van der Waals surface area contributed by atoms with Gasteiger partial charge in [0, 0.05) is 12.7 Å². The highest BCUT2D eigenvalue weighted by atomic mass is 16.3. The second-order valence-electron chi connectivity index (χ2n) is 3.43. The van der Waals surface area contributed by atoms with Crippen LogP contribution in [-0.4, -0.2) is 10.5 Å². The zero-order valence-corrected chi connectivity index (χ0v) is 8.65. The Morgan fingerprint density at radius 2 is 2.27 bits per heavy atom. The van der Waals surface area contributed by atoms with E-state index >= 15 is 0 Å². The van der Waals surface area contributed by atoms with E-state index in [9.17, 15) is 4.79 Å². The Kier molecular flexibility index (Phi) is 2.11. The van der Waals surface area contributed by atoms with Gasteiger partial charge in [-0.15, -0.1) is 0 Å². The summed E-state index contributed by atoms with van der Waals surface area (Å²) in [6, 6.07) is 5.40. The molecule has 0 fully saturated rings. The van der Waals surface area contributed by atoms with Crippen LogP contribution >= 0.6 is 0 Å². The lowest BCUT2D eigenvalue weighted by Crippen LogP contribution is -2.11. The van der Waals surface area contributed by atoms with Crippen LogP contribution in [0.2, 0.25) is 0 Å². The van der Waals surface area contributed by atoms with Crippen molar-refractivity contribution in [3.63, 3.8) is 0 Å². The van der Waals surface area contributed by atoms with Gasteiger partial charge in [0.15, 0.2) is 0 Å². The molecular formula is C11H12N2O2. The molecule has 1 amide bonds. The van der Waals surface area contributed by atoms with Crippen LogP contribution < -0.4 is 5.73 Å². The minimum Gasteiger partial charge on any atom is -0.463 e. The molecule has 2 aromatic rings. The van der Waals surface area contributed by atoms with Crippen LogP contribution in [-0.2, 0) is 7.05 Å². The first-order chi connectivity index (χ1) is 7.11. The summed E-state index contributed by atoms with van der Waals surface area (Å²) in [6.45, 7) is 1.85. The molecule has 78 valence electrons. The third kappa shape index (κ3) is 1.44. The molecule has 15 heavy (non-hydrogen) atoms. The summed E-state index contributed by atoms with van der Waals surface area (Å²) < 4.78 is 7.16. The molecular weight excluding hydrogens is 192 g/mol. The van der Waals surface area contributed by atoms with Gasteiger partial charge in [0.1, 0.15) is 5.76 Å². The maximum atomic E-state index is 11.1. The van der Waals surface area contributed by atoms with Gasteiger partial charge in [-0.1, -0.05) is 0 Å². The number of aromatic nitrogens is 1. The molecule has 0 aliphatic heterocycles. The highest BCUT2D eigenvalue weighted by Gasteiger charge is 2.15. The molecule has 0 spiro atoms. The molecule has 0 atom stereocenters. The maximum Gasteiger partial charge on any atom is 0.250 e. The van der Waals surface area contributed by atoms with E-state index in [0.717, 1.165) is 17.1 Å². The number of nitrogens with zero attached hydrogens (tertiary/aromatic N) is 1. The van der Waals surface area contributed by atoms with Crippen LogP contribution in [0, 0.1) is 6.92 Å². The molecule has 2 rings (SSSR count). The largest absolute Gasteiger partial charge is 0.463 e. The van der Waals surface area contributed by atoms with Crippen LogP contribution in [0.3, 0.4) is 0 Å². The number of rotatable bonds is 2. The Hall–Kier alpha value is -1.97. The van der Waals surface area contributed by atoms with Gasteiger partial charge in [-0.2, -0.15) is 0 Å². The molecule has 0 bridgehead atoms. The zero-order valence-electron chi connectivity index (χ0n) is 8.65. The van der Waals surface area contributed by atoms with E-state index < -0.39 is 5.91 Å². The Bertz CT molecular complexity index is 495. The fourth-order valence-electron chi connectivity index (χ4n) is 1.61. The molecule has 4 heteroatoms. The van der Waals surface area contributed by atoms with E-state index in [-0.39, 0.29) is 0 Å². The predicted octanol–water partition coefficient (Wildman–Crippen LogP) is 1.69.